The molecule has 0 aliphatic heterocycles. The van der Waals surface area contributed by atoms with Gasteiger partial charge in [0.05, 0.1) is 17.6 Å². The summed E-state index contributed by atoms with van der Waals surface area (Å²) >= 11 is 1.59. The van der Waals surface area contributed by atoms with Gasteiger partial charge in [0.1, 0.15) is 4.83 Å². The number of fused-ring (bicyclic) bond motifs is 3. The summed E-state index contributed by atoms with van der Waals surface area (Å²) in [5.41, 5.74) is 2.32. The molecule has 0 unspecified atom stereocenters. The maximum absolute atomic E-state index is 12.7. The van der Waals surface area contributed by atoms with Gasteiger partial charge in [-0.25, -0.2) is 9.78 Å². The second-order valence-corrected chi connectivity index (χ2v) is 8.75. The summed E-state index contributed by atoms with van der Waals surface area (Å²) < 4.78 is 10.7. The third kappa shape index (κ3) is 3.97. The second kappa shape index (κ2) is 8.08. The summed E-state index contributed by atoms with van der Waals surface area (Å²) in [6, 6.07) is 7.11. The monoisotopic (exact) mass is 412 g/mol. The van der Waals surface area contributed by atoms with E-state index in [-0.39, 0.29) is 5.56 Å². The lowest BCUT2D eigenvalue weighted by molar-refractivity contribution is 0.0319. The lowest BCUT2D eigenvalue weighted by Crippen LogP contribution is -2.18. The Morgan fingerprint density at radius 1 is 1.41 bits per heavy atom. The number of thiophene rings is 1. The van der Waals surface area contributed by atoms with Crippen LogP contribution in [-0.4, -0.2) is 23.0 Å². The first-order valence-corrected chi connectivity index (χ1v) is 10.6. The number of esters is 1. The molecule has 2 aromatic heterocycles. The van der Waals surface area contributed by atoms with E-state index in [0.717, 1.165) is 35.2 Å². The first kappa shape index (κ1) is 19.8. The van der Waals surface area contributed by atoms with Crippen molar-refractivity contribution in [1.29, 1.82) is 0 Å². The molecule has 0 radical (unpaired) electrons. The zero-order chi connectivity index (χ0) is 20.5. The average molecular weight is 413 g/mol. The van der Waals surface area contributed by atoms with Crippen LogP contribution in [0.25, 0.3) is 10.2 Å². The third-order valence-corrected chi connectivity index (χ3v) is 6.47. The molecule has 1 aliphatic rings. The maximum atomic E-state index is 12.7. The van der Waals surface area contributed by atoms with E-state index >= 15 is 0 Å². The van der Waals surface area contributed by atoms with Crippen LogP contribution >= 0.6 is 11.3 Å². The molecule has 2 heterocycles. The molecule has 0 saturated heterocycles. The van der Waals surface area contributed by atoms with Crippen LogP contribution in [0.15, 0.2) is 29.1 Å². The first-order valence-electron chi connectivity index (χ1n) is 9.79. The van der Waals surface area contributed by atoms with E-state index in [2.05, 4.69) is 16.9 Å². The van der Waals surface area contributed by atoms with Crippen LogP contribution in [0.1, 0.15) is 58.6 Å². The first-order chi connectivity index (χ1) is 14.0. The number of nitrogens with zero attached hydrogens (tertiary/aromatic N) is 1. The predicted molar refractivity (Wildman–Crippen MR) is 112 cm³/mol. The molecule has 29 heavy (non-hydrogen) atoms. The molecule has 2 atom stereocenters. The molecule has 1 aliphatic carbocycles. The van der Waals surface area contributed by atoms with Crippen LogP contribution < -0.4 is 5.56 Å². The Morgan fingerprint density at radius 2 is 2.24 bits per heavy atom. The van der Waals surface area contributed by atoms with Crippen LogP contribution in [0.5, 0.6) is 0 Å². The van der Waals surface area contributed by atoms with Crippen molar-refractivity contribution in [2.75, 3.05) is 7.11 Å². The van der Waals surface area contributed by atoms with Gasteiger partial charge < -0.3 is 14.5 Å². The standard InChI is InChI=1S/C22H24N2O4S/c1-12-7-8-16-17(9-12)29-21-18(16)20(25)23-19(24-21)13(2)28-22(26)15-6-4-5-14(10-15)11-27-3/h4-6,10,12-13H,7-9,11H2,1-3H3,(H,23,24,25)/t12-,13-/m0/s1. The number of hydrogen-bond donors (Lipinski definition) is 1. The molecular formula is C22H24N2O4S. The number of carbonyl (C=O) groups is 1. The molecule has 152 valence electrons. The number of nitrogens with one attached hydrogen (secondary N) is 1. The van der Waals surface area contributed by atoms with Gasteiger partial charge >= 0.3 is 5.97 Å². The molecule has 0 fully saturated rings. The quantitative estimate of drug-likeness (QED) is 0.636. The highest BCUT2D eigenvalue weighted by Gasteiger charge is 2.24. The van der Waals surface area contributed by atoms with Gasteiger partial charge in [0.25, 0.3) is 5.56 Å². The van der Waals surface area contributed by atoms with Crippen molar-refractivity contribution in [3.8, 4) is 0 Å². The fourth-order valence-electron chi connectivity index (χ4n) is 3.80. The molecular weight excluding hydrogens is 388 g/mol. The largest absolute Gasteiger partial charge is 0.451 e. The van der Waals surface area contributed by atoms with Gasteiger partial charge in [-0.15, -0.1) is 11.3 Å². The number of methoxy groups -OCH3 is 1. The molecule has 1 aromatic carbocycles. The topological polar surface area (TPSA) is 81.3 Å². The maximum Gasteiger partial charge on any atom is 0.338 e. The smallest absolute Gasteiger partial charge is 0.338 e. The number of aryl methyl sites for hydroxylation is 1. The molecule has 0 amide bonds. The molecule has 0 saturated carbocycles. The van der Waals surface area contributed by atoms with Crippen LogP contribution in [-0.2, 0) is 28.9 Å². The van der Waals surface area contributed by atoms with Crippen LogP contribution in [0, 0.1) is 5.92 Å². The highest BCUT2D eigenvalue weighted by molar-refractivity contribution is 7.18. The Bertz CT molecular complexity index is 1120. The highest BCUT2D eigenvalue weighted by atomic mass is 32.1. The summed E-state index contributed by atoms with van der Waals surface area (Å²) in [6.07, 6.45) is 2.34. The lowest BCUT2D eigenvalue weighted by atomic mass is 9.89. The number of benzene rings is 1. The zero-order valence-corrected chi connectivity index (χ0v) is 17.6. The van der Waals surface area contributed by atoms with E-state index in [1.54, 1.807) is 43.6 Å². The molecule has 1 N–H and O–H groups in total. The van der Waals surface area contributed by atoms with Crippen molar-refractivity contribution in [3.05, 3.63) is 62.0 Å². The van der Waals surface area contributed by atoms with E-state index in [0.29, 0.717) is 29.3 Å². The number of carbonyl (C=O) groups excluding carboxylic acids is 1. The summed E-state index contributed by atoms with van der Waals surface area (Å²) in [5, 5.41) is 0.700. The number of H-pyrrole nitrogens is 1. The molecule has 3 aromatic rings. The van der Waals surface area contributed by atoms with Crippen molar-refractivity contribution in [3.63, 3.8) is 0 Å². The number of ether oxygens (including phenoxy) is 2. The molecule has 4 rings (SSSR count). The van der Waals surface area contributed by atoms with Crippen molar-refractivity contribution in [2.24, 2.45) is 5.92 Å². The third-order valence-electron chi connectivity index (χ3n) is 5.33. The minimum absolute atomic E-state index is 0.151. The SMILES string of the molecule is COCc1cccc(C(=O)O[C@@H](C)c2nc3sc4c(c3c(=O)[nH]2)CC[C@H](C)C4)c1. The van der Waals surface area contributed by atoms with Gasteiger partial charge in [0, 0.05) is 12.0 Å². The minimum Gasteiger partial charge on any atom is -0.451 e. The highest BCUT2D eigenvalue weighted by Crippen LogP contribution is 2.36. The summed E-state index contributed by atoms with van der Waals surface area (Å²) in [5.74, 6) is 0.538. The normalized spacial score (nSPS) is 17.1. The Kier molecular flexibility index (Phi) is 5.52. The van der Waals surface area contributed by atoms with E-state index in [4.69, 9.17) is 9.47 Å². The van der Waals surface area contributed by atoms with E-state index in [9.17, 15) is 9.59 Å². The molecule has 0 spiro atoms. The number of rotatable bonds is 5. The number of aromatic nitrogens is 2. The Hall–Kier alpha value is -2.51. The number of hydrogen-bond acceptors (Lipinski definition) is 6. The van der Waals surface area contributed by atoms with E-state index < -0.39 is 12.1 Å². The minimum atomic E-state index is -0.663. The molecule has 0 bridgehead atoms. The lowest BCUT2D eigenvalue weighted by Gasteiger charge is -2.17. The summed E-state index contributed by atoms with van der Waals surface area (Å²) in [4.78, 5) is 34.7. The van der Waals surface area contributed by atoms with Gasteiger partial charge in [0.2, 0.25) is 0 Å². The van der Waals surface area contributed by atoms with Gasteiger partial charge in [-0.2, -0.15) is 0 Å². The molecule has 7 heteroatoms. The van der Waals surface area contributed by atoms with Gasteiger partial charge in [-0.05, 0) is 55.4 Å². The fraction of sp³-hybridized carbons (Fsp3) is 0.409. The average Bonchev–Trinajstić information content (AvgIpc) is 3.06. The second-order valence-electron chi connectivity index (χ2n) is 7.66. The van der Waals surface area contributed by atoms with Crippen LogP contribution in [0.4, 0.5) is 0 Å². The van der Waals surface area contributed by atoms with Crippen molar-refractivity contribution in [1.82, 2.24) is 9.97 Å². The van der Waals surface area contributed by atoms with Gasteiger partial charge in [-0.3, -0.25) is 4.79 Å². The summed E-state index contributed by atoms with van der Waals surface area (Å²) in [6.45, 7) is 4.38. The van der Waals surface area contributed by atoms with Crippen molar-refractivity contribution >= 4 is 27.5 Å². The van der Waals surface area contributed by atoms with Gasteiger partial charge in [-0.1, -0.05) is 19.1 Å². The molecule has 6 nitrogen and oxygen atoms in total. The predicted octanol–water partition coefficient (Wildman–Crippen LogP) is 4.17. The summed E-state index contributed by atoms with van der Waals surface area (Å²) in [7, 11) is 1.61. The van der Waals surface area contributed by atoms with Crippen LogP contribution in [0.3, 0.4) is 0 Å². The Morgan fingerprint density at radius 3 is 3.03 bits per heavy atom. The van der Waals surface area contributed by atoms with Crippen LogP contribution in [0.2, 0.25) is 0 Å². The Labute approximate surface area is 172 Å². The van der Waals surface area contributed by atoms with Crippen molar-refractivity contribution < 1.29 is 14.3 Å². The zero-order valence-electron chi connectivity index (χ0n) is 16.8. The van der Waals surface area contributed by atoms with E-state index in [1.165, 1.54) is 4.88 Å². The Balaban J connectivity index is 1.59. The van der Waals surface area contributed by atoms with Gasteiger partial charge in [0.15, 0.2) is 11.9 Å². The number of aromatic amines is 1. The van der Waals surface area contributed by atoms with E-state index in [1.807, 2.05) is 6.07 Å². The van der Waals surface area contributed by atoms with Crippen molar-refractivity contribution in [2.45, 2.75) is 45.8 Å². The fourth-order valence-corrected chi connectivity index (χ4v) is 5.19.